The van der Waals surface area contributed by atoms with Gasteiger partial charge in [-0.15, -0.1) is 0 Å². The molecule has 0 N–H and O–H groups in total. The van der Waals surface area contributed by atoms with Crippen LogP contribution in [0.1, 0.15) is 84.8 Å². The number of alkyl halides is 3. The van der Waals surface area contributed by atoms with Crippen LogP contribution in [0.4, 0.5) is 17.6 Å². The van der Waals surface area contributed by atoms with Crippen molar-refractivity contribution in [1.82, 2.24) is 4.90 Å². The molecule has 1 saturated heterocycles. The van der Waals surface area contributed by atoms with Crippen molar-refractivity contribution in [3.63, 3.8) is 0 Å². The predicted molar refractivity (Wildman–Crippen MR) is 150 cm³/mol. The summed E-state index contributed by atoms with van der Waals surface area (Å²) in [5.41, 5.74) is 0.597. The summed E-state index contributed by atoms with van der Waals surface area (Å²) in [6.45, 7) is 4.05. The molecule has 228 valence electrons. The number of likely N-dealkylation sites (tertiary alicyclic amines) is 1. The Morgan fingerprint density at radius 3 is 2.38 bits per heavy atom. The normalized spacial score (nSPS) is 21.9. The van der Waals surface area contributed by atoms with E-state index in [-0.39, 0.29) is 35.8 Å². The van der Waals surface area contributed by atoms with E-state index in [1.54, 1.807) is 13.0 Å². The van der Waals surface area contributed by atoms with Gasteiger partial charge in [-0.2, -0.15) is 13.2 Å². The number of Topliss-reactive ketones (excluding diaryl/α,β-unsaturated/α-hetero) is 1. The van der Waals surface area contributed by atoms with E-state index in [9.17, 15) is 22.8 Å². The van der Waals surface area contributed by atoms with Crippen molar-refractivity contribution in [3.05, 3.63) is 63.4 Å². The van der Waals surface area contributed by atoms with Crippen LogP contribution in [0.3, 0.4) is 0 Å². The smallest absolute Gasteiger partial charge is 0.416 e. The maximum absolute atomic E-state index is 15.3. The SMILES string of the molecule is CCOC(=O)C1CCCC1C(=O)c1cc(C2CC2)c(OCC2CCN(Cc3cc(C(F)(F)F)ccc3Cl)CC2)cc1F. The summed E-state index contributed by atoms with van der Waals surface area (Å²) in [6, 6.07) is 6.35. The number of carbonyl (C=O) groups is 2. The minimum atomic E-state index is -4.42. The molecule has 0 bridgehead atoms. The molecule has 42 heavy (non-hydrogen) atoms. The summed E-state index contributed by atoms with van der Waals surface area (Å²) in [6.07, 6.45) is 0.870. The van der Waals surface area contributed by atoms with Gasteiger partial charge in [0, 0.05) is 23.6 Å². The van der Waals surface area contributed by atoms with Gasteiger partial charge in [-0.25, -0.2) is 4.39 Å². The summed E-state index contributed by atoms with van der Waals surface area (Å²) < 4.78 is 66.1. The lowest BCUT2D eigenvalue weighted by Gasteiger charge is -2.32. The molecule has 5 nitrogen and oxygen atoms in total. The number of esters is 1. The molecule has 1 aliphatic heterocycles. The van der Waals surface area contributed by atoms with Crippen LogP contribution in [0.25, 0.3) is 0 Å². The molecular formula is C32H36ClF4NO4. The van der Waals surface area contributed by atoms with Crippen LogP contribution in [-0.2, 0) is 22.3 Å². The van der Waals surface area contributed by atoms with Gasteiger partial charge in [-0.3, -0.25) is 14.5 Å². The van der Waals surface area contributed by atoms with Crippen LogP contribution in [0, 0.1) is 23.6 Å². The first-order chi connectivity index (χ1) is 20.0. The van der Waals surface area contributed by atoms with Crippen LogP contribution < -0.4 is 4.74 Å². The number of ketones is 1. The molecule has 3 fully saturated rings. The fourth-order valence-electron chi connectivity index (χ4n) is 6.24. The minimum Gasteiger partial charge on any atom is -0.493 e. The number of carbonyl (C=O) groups excluding carboxylic acids is 2. The molecule has 2 atom stereocenters. The van der Waals surface area contributed by atoms with Crippen molar-refractivity contribution in [2.75, 3.05) is 26.3 Å². The second-order valence-corrected chi connectivity index (χ2v) is 12.1. The van der Waals surface area contributed by atoms with Crippen molar-refractivity contribution in [1.29, 1.82) is 0 Å². The lowest BCUT2D eigenvalue weighted by atomic mass is 9.87. The summed E-state index contributed by atoms with van der Waals surface area (Å²) >= 11 is 6.18. The zero-order valence-corrected chi connectivity index (χ0v) is 24.4. The number of hydrogen-bond donors (Lipinski definition) is 0. The fraction of sp³-hybridized carbons (Fsp3) is 0.562. The number of ether oxygens (including phenoxy) is 2. The zero-order chi connectivity index (χ0) is 30.0. The van der Waals surface area contributed by atoms with Crippen molar-refractivity contribution in [2.45, 2.75) is 70.5 Å². The summed E-state index contributed by atoms with van der Waals surface area (Å²) in [7, 11) is 0. The van der Waals surface area contributed by atoms with Gasteiger partial charge in [0.15, 0.2) is 5.78 Å². The quantitative estimate of drug-likeness (QED) is 0.156. The highest BCUT2D eigenvalue weighted by Crippen LogP contribution is 2.46. The lowest BCUT2D eigenvalue weighted by Crippen LogP contribution is -2.35. The maximum Gasteiger partial charge on any atom is 0.416 e. The Labute approximate surface area is 248 Å². The van der Waals surface area contributed by atoms with Gasteiger partial charge >= 0.3 is 12.1 Å². The molecule has 5 rings (SSSR count). The van der Waals surface area contributed by atoms with Gasteiger partial charge in [-0.1, -0.05) is 18.0 Å². The Morgan fingerprint density at radius 1 is 1.00 bits per heavy atom. The highest BCUT2D eigenvalue weighted by molar-refractivity contribution is 6.31. The van der Waals surface area contributed by atoms with Crippen molar-refractivity contribution in [2.24, 2.45) is 17.8 Å². The average Bonchev–Trinajstić information content (AvgIpc) is 3.68. The second-order valence-electron chi connectivity index (χ2n) is 11.7. The first-order valence-electron chi connectivity index (χ1n) is 14.8. The molecule has 1 heterocycles. The van der Waals surface area contributed by atoms with E-state index < -0.39 is 29.4 Å². The lowest BCUT2D eigenvalue weighted by molar-refractivity contribution is -0.148. The molecular weight excluding hydrogens is 574 g/mol. The van der Waals surface area contributed by atoms with Crippen LogP contribution in [-0.4, -0.2) is 43.0 Å². The van der Waals surface area contributed by atoms with E-state index in [0.717, 1.165) is 49.8 Å². The molecule has 0 aromatic heterocycles. The third-order valence-electron chi connectivity index (χ3n) is 8.77. The molecule has 2 aliphatic carbocycles. The van der Waals surface area contributed by atoms with E-state index in [1.165, 1.54) is 12.1 Å². The number of rotatable bonds is 10. The Hall–Kier alpha value is -2.65. The van der Waals surface area contributed by atoms with Crippen molar-refractivity contribution >= 4 is 23.4 Å². The summed E-state index contributed by atoms with van der Waals surface area (Å²) in [5, 5.41) is 0.314. The van der Waals surface area contributed by atoms with Crippen molar-refractivity contribution < 1.29 is 36.6 Å². The standard InChI is InChI=1S/C32H36ClF4NO4/c1-2-41-31(40)24-5-3-4-23(24)30(39)26-15-25(20-6-7-20)29(16-28(26)34)42-18-19-10-12-38(13-11-19)17-21-14-22(32(35,36)37)8-9-27(21)33/h8-9,14-16,19-20,23-24H,2-7,10-13,17-18H2,1H3. The minimum absolute atomic E-state index is 0.0204. The van der Waals surface area contributed by atoms with Crippen LogP contribution in [0.15, 0.2) is 30.3 Å². The molecule has 0 radical (unpaired) electrons. The fourth-order valence-corrected chi connectivity index (χ4v) is 6.41. The predicted octanol–water partition coefficient (Wildman–Crippen LogP) is 7.83. The van der Waals surface area contributed by atoms with Gasteiger partial charge in [0.25, 0.3) is 0 Å². The molecule has 10 heteroatoms. The Balaban J connectivity index is 1.20. The summed E-state index contributed by atoms with van der Waals surface area (Å²) in [4.78, 5) is 27.9. The monoisotopic (exact) mass is 609 g/mol. The number of nitrogens with zero attached hydrogens (tertiary/aromatic N) is 1. The highest BCUT2D eigenvalue weighted by Gasteiger charge is 2.40. The zero-order valence-electron chi connectivity index (χ0n) is 23.7. The summed E-state index contributed by atoms with van der Waals surface area (Å²) in [5.74, 6) is -1.60. The molecule has 0 amide bonds. The van der Waals surface area contributed by atoms with Crippen LogP contribution in [0.5, 0.6) is 5.75 Å². The van der Waals surface area contributed by atoms with E-state index in [0.29, 0.717) is 55.4 Å². The topological polar surface area (TPSA) is 55.8 Å². The van der Waals surface area contributed by atoms with Gasteiger partial charge in [-0.05, 0) is 106 Å². The third kappa shape index (κ3) is 7.10. The average molecular weight is 610 g/mol. The van der Waals surface area contributed by atoms with Crippen LogP contribution >= 0.6 is 11.6 Å². The maximum atomic E-state index is 15.3. The third-order valence-corrected chi connectivity index (χ3v) is 9.14. The van der Waals surface area contributed by atoms with Gasteiger partial charge in [0.05, 0.1) is 30.3 Å². The van der Waals surface area contributed by atoms with Crippen molar-refractivity contribution in [3.8, 4) is 5.75 Å². The molecule has 2 aromatic carbocycles. The van der Waals surface area contributed by atoms with Crippen LogP contribution in [0.2, 0.25) is 5.02 Å². The van der Waals surface area contributed by atoms with E-state index in [2.05, 4.69) is 4.90 Å². The number of benzene rings is 2. The second kappa shape index (κ2) is 12.9. The molecule has 3 aliphatic rings. The number of halogens is 5. The molecule has 2 unspecified atom stereocenters. The first-order valence-corrected chi connectivity index (χ1v) is 15.2. The first kappa shape index (κ1) is 30.8. The Bertz CT molecular complexity index is 1300. The molecule has 2 saturated carbocycles. The van der Waals surface area contributed by atoms with E-state index in [1.807, 2.05) is 0 Å². The van der Waals surface area contributed by atoms with Gasteiger partial charge in [0.1, 0.15) is 11.6 Å². The molecule has 0 spiro atoms. The van der Waals surface area contributed by atoms with Gasteiger partial charge in [0.2, 0.25) is 0 Å². The largest absolute Gasteiger partial charge is 0.493 e. The Kier molecular flexibility index (Phi) is 9.47. The van der Waals surface area contributed by atoms with Gasteiger partial charge < -0.3 is 9.47 Å². The molecule has 2 aromatic rings. The highest BCUT2D eigenvalue weighted by atomic mass is 35.5. The number of hydrogen-bond acceptors (Lipinski definition) is 5. The van der Waals surface area contributed by atoms with E-state index >= 15 is 4.39 Å². The van der Waals surface area contributed by atoms with E-state index in [4.69, 9.17) is 21.1 Å². The Morgan fingerprint density at radius 2 is 1.71 bits per heavy atom. The number of piperidine rings is 1.